The van der Waals surface area contributed by atoms with Gasteiger partial charge in [0.15, 0.2) is 0 Å². The van der Waals surface area contributed by atoms with E-state index in [1.807, 2.05) is 0 Å². The van der Waals surface area contributed by atoms with E-state index in [4.69, 9.17) is 22.9 Å². The molecule has 7 heteroatoms. The Kier molecular flexibility index (Phi) is 27.8. The molecule has 0 saturated heterocycles. The average Bonchev–Trinajstić information content (AvgIpc) is 2.86. The summed E-state index contributed by atoms with van der Waals surface area (Å²) in [6.07, 6.45) is 24.2. The molecule has 0 amide bonds. The molecule has 7 nitrogen and oxygen atoms in total. The number of nitrogens with one attached hydrogen (secondary N) is 3. The molecular weight excluding hydrogens is 434 g/mol. The number of rotatable bonds is 26. The lowest BCUT2D eigenvalue weighted by molar-refractivity contribution is 0.670. The van der Waals surface area contributed by atoms with Crippen molar-refractivity contribution in [3.05, 3.63) is 47.6 Å². The summed E-state index contributed by atoms with van der Waals surface area (Å²) in [6.45, 7) is 8.82. The monoisotopic (exact) mass is 491 g/mol. The molecule has 0 fully saturated rings. The summed E-state index contributed by atoms with van der Waals surface area (Å²) < 4.78 is 0. The summed E-state index contributed by atoms with van der Waals surface area (Å²) in [6, 6.07) is 0. The maximum absolute atomic E-state index is 5.82. The first-order valence-corrected chi connectivity index (χ1v) is 13.9. The molecule has 35 heavy (non-hydrogen) atoms. The number of allylic oxidation sites excluding steroid dienone is 1. The van der Waals surface area contributed by atoms with E-state index < -0.39 is 0 Å². The Morgan fingerprint density at radius 1 is 0.400 bits per heavy atom. The Labute approximate surface area is 216 Å². The standard InChI is InChI=1S/C28H57N7/c29-17-9-12-28(15-19-31)16-25-34-24-10-13-27(14-18-30)11-5-1-2-6-21-33-22-7-3-4-8-23-35-26-20-32/h1-4,12-13,33-35H,5-11,14-26,29-32H2/b2-1+,4-3+,27-13-,28-12+. The third-order valence-corrected chi connectivity index (χ3v) is 5.66. The van der Waals surface area contributed by atoms with Gasteiger partial charge in [0, 0.05) is 13.1 Å². The molecule has 11 N–H and O–H groups in total. The molecule has 0 aliphatic carbocycles. The van der Waals surface area contributed by atoms with Crippen LogP contribution in [0.4, 0.5) is 0 Å². The molecule has 0 radical (unpaired) electrons. The van der Waals surface area contributed by atoms with Gasteiger partial charge in [-0.3, -0.25) is 0 Å². The number of hydrogen-bond acceptors (Lipinski definition) is 7. The predicted molar refractivity (Wildman–Crippen MR) is 155 cm³/mol. The summed E-state index contributed by atoms with van der Waals surface area (Å²) >= 11 is 0. The molecule has 0 aliphatic heterocycles. The highest BCUT2D eigenvalue weighted by Gasteiger charge is 1.98. The van der Waals surface area contributed by atoms with Crippen molar-refractivity contribution in [2.24, 2.45) is 22.9 Å². The van der Waals surface area contributed by atoms with Crippen molar-refractivity contribution in [3.8, 4) is 0 Å². The largest absolute Gasteiger partial charge is 0.330 e. The Morgan fingerprint density at radius 3 is 1.46 bits per heavy atom. The van der Waals surface area contributed by atoms with E-state index in [1.54, 1.807) is 0 Å². The fourth-order valence-electron chi connectivity index (χ4n) is 3.72. The van der Waals surface area contributed by atoms with E-state index in [1.165, 1.54) is 11.1 Å². The Bertz CT molecular complexity index is 556. The Morgan fingerprint density at radius 2 is 0.886 bits per heavy atom. The third kappa shape index (κ3) is 25.6. The van der Waals surface area contributed by atoms with Gasteiger partial charge in [0.1, 0.15) is 0 Å². The van der Waals surface area contributed by atoms with Crippen LogP contribution in [-0.2, 0) is 0 Å². The van der Waals surface area contributed by atoms with Crippen LogP contribution in [0.5, 0.6) is 0 Å². The van der Waals surface area contributed by atoms with E-state index in [-0.39, 0.29) is 0 Å². The van der Waals surface area contributed by atoms with Gasteiger partial charge in [-0.1, -0.05) is 47.6 Å². The highest BCUT2D eigenvalue weighted by atomic mass is 14.9. The second-order valence-corrected chi connectivity index (χ2v) is 8.80. The Balaban J connectivity index is 3.83. The maximum Gasteiger partial charge on any atom is 0.00746 e. The van der Waals surface area contributed by atoms with Crippen molar-refractivity contribution in [1.82, 2.24) is 16.0 Å². The van der Waals surface area contributed by atoms with Crippen LogP contribution in [0.15, 0.2) is 47.6 Å². The van der Waals surface area contributed by atoms with Gasteiger partial charge < -0.3 is 38.9 Å². The summed E-state index contributed by atoms with van der Waals surface area (Å²) in [5.74, 6) is 0. The molecule has 0 spiro atoms. The molecule has 204 valence electrons. The molecule has 0 atom stereocenters. The van der Waals surface area contributed by atoms with Crippen molar-refractivity contribution in [2.75, 3.05) is 65.4 Å². The molecule has 0 unspecified atom stereocenters. The lowest BCUT2D eigenvalue weighted by Crippen LogP contribution is -2.22. The predicted octanol–water partition coefficient (Wildman–Crippen LogP) is 2.46. The van der Waals surface area contributed by atoms with Crippen molar-refractivity contribution >= 4 is 0 Å². The summed E-state index contributed by atoms with van der Waals surface area (Å²) in [5, 5.41) is 10.3. The average molecular weight is 492 g/mol. The second-order valence-electron chi connectivity index (χ2n) is 8.80. The van der Waals surface area contributed by atoms with Crippen LogP contribution in [0.3, 0.4) is 0 Å². The SMILES string of the molecule is NCC/C=C(\CCN)CCNCC/C=C(\CCN)CC/C=C/CCNCC/C=C/CCNCCN. The fraction of sp³-hybridized carbons (Fsp3) is 0.714. The van der Waals surface area contributed by atoms with Crippen LogP contribution in [0.1, 0.15) is 64.2 Å². The lowest BCUT2D eigenvalue weighted by atomic mass is 10.0. The van der Waals surface area contributed by atoms with E-state index in [9.17, 15) is 0 Å². The zero-order valence-electron chi connectivity index (χ0n) is 22.4. The first kappa shape index (κ1) is 33.7. The molecule has 0 rings (SSSR count). The van der Waals surface area contributed by atoms with Gasteiger partial charge in [-0.2, -0.15) is 0 Å². The van der Waals surface area contributed by atoms with Gasteiger partial charge in [-0.25, -0.2) is 0 Å². The minimum Gasteiger partial charge on any atom is -0.330 e. The van der Waals surface area contributed by atoms with E-state index in [0.29, 0.717) is 19.6 Å². The van der Waals surface area contributed by atoms with E-state index in [2.05, 4.69) is 52.4 Å². The highest BCUT2D eigenvalue weighted by molar-refractivity contribution is 5.05. The third-order valence-electron chi connectivity index (χ3n) is 5.66. The van der Waals surface area contributed by atoms with Gasteiger partial charge in [0.05, 0.1) is 0 Å². The second kappa shape index (κ2) is 28.9. The van der Waals surface area contributed by atoms with Crippen LogP contribution in [0.2, 0.25) is 0 Å². The van der Waals surface area contributed by atoms with Crippen LogP contribution in [-0.4, -0.2) is 65.4 Å². The molecule has 0 aromatic carbocycles. The quantitative estimate of drug-likeness (QED) is 0.0728. The van der Waals surface area contributed by atoms with Crippen LogP contribution in [0, 0.1) is 0 Å². The van der Waals surface area contributed by atoms with Crippen LogP contribution >= 0.6 is 0 Å². The zero-order valence-corrected chi connectivity index (χ0v) is 22.4. The van der Waals surface area contributed by atoms with Gasteiger partial charge >= 0.3 is 0 Å². The molecule has 0 heterocycles. The van der Waals surface area contributed by atoms with Crippen molar-refractivity contribution in [2.45, 2.75) is 64.2 Å². The lowest BCUT2D eigenvalue weighted by Gasteiger charge is -2.08. The van der Waals surface area contributed by atoms with Crippen LogP contribution < -0.4 is 38.9 Å². The van der Waals surface area contributed by atoms with Crippen molar-refractivity contribution in [3.63, 3.8) is 0 Å². The molecular formula is C28H57N7. The smallest absolute Gasteiger partial charge is 0.00746 e. The van der Waals surface area contributed by atoms with E-state index >= 15 is 0 Å². The summed E-state index contributed by atoms with van der Waals surface area (Å²) in [4.78, 5) is 0. The molecule has 0 aromatic rings. The molecule has 0 aliphatic rings. The minimum atomic E-state index is 0.704. The van der Waals surface area contributed by atoms with Gasteiger partial charge in [-0.05, 0) is 117 Å². The molecule has 0 aromatic heterocycles. The first-order chi connectivity index (χ1) is 17.3. The zero-order chi connectivity index (χ0) is 25.7. The normalized spacial score (nSPS) is 13.0. The highest BCUT2D eigenvalue weighted by Crippen LogP contribution is 2.11. The number of nitrogens with two attached hydrogens (primary N) is 4. The van der Waals surface area contributed by atoms with Crippen molar-refractivity contribution < 1.29 is 0 Å². The molecule has 0 bridgehead atoms. The summed E-state index contributed by atoms with van der Waals surface area (Å²) in [5.41, 5.74) is 25.5. The minimum absolute atomic E-state index is 0.704. The van der Waals surface area contributed by atoms with Crippen LogP contribution in [0.25, 0.3) is 0 Å². The van der Waals surface area contributed by atoms with Gasteiger partial charge in [0.25, 0.3) is 0 Å². The topological polar surface area (TPSA) is 140 Å². The van der Waals surface area contributed by atoms with E-state index in [0.717, 1.165) is 110 Å². The first-order valence-electron chi connectivity index (χ1n) is 13.9. The van der Waals surface area contributed by atoms with Crippen molar-refractivity contribution in [1.29, 1.82) is 0 Å². The van der Waals surface area contributed by atoms with Gasteiger partial charge in [0.2, 0.25) is 0 Å². The van der Waals surface area contributed by atoms with Gasteiger partial charge in [-0.15, -0.1) is 0 Å². The Hall–Kier alpha value is -1.32. The fourth-order valence-corrected chi connectivity index (χ4v) is 3.72. The number of hydrogen-bond donors (Lipinski definition) is 7. The molecule has 0 saturated carbocycles. The summed E-state index contributed by atoms with van der Waals surface area (Å²) in [7, 11) is 0. The maximum atomic E-state index is 5.82.